The van der Waals surface area contributed by atoms with Gasteiger partial charge in [-0.15, -0.1) is 0 Å². The monoisotopic (exact) mass is 397 g/mol. The van der Waals surface area contributed by atoms with E-state index in [9.17, 15) is 4.79 Å². The van der Waals surface area contributed by atoms with Gasteiger partial charge in [0.05, 0.1) is 11.4 Å². The third-order valence-electron chi connectivity index (χ3n) is 5.51. The Kier molecular flexibility index (Phi) is 5.78. The number of Topliss-reactive ketones (excluding diaryl/α,β-unsaturated/α-hetero) is 1. The van der Waals surface area contributed by atoms with E-state index in [0.29, 0.717) is 18.2 Å². The van der Waals surface area contributed by atoms with E-state index in [4.69, 9.17) is 4.74 Å². The number of ketones is 1. The van der Waals surface area contributed by atoms with Gasteiger partial charge in [-0.3, -0.25) is 14.2 Å². The van der Waals surface area contributed by atoms with Crippen LogP contribution in [-0.4, -0.2) is 36.9 Å². The van der Waals surface area contributed by atoms with Gasteiger partial charge in [-0.1, -0.05) is 20.8 Å². The van der Waals surface area contributed by atoms with Gasteiger partial charge in [-0.2, -0.15) is 15.2 Å². The summed E-state index contributed by atoms with van der Waals surface area (Å²) in [6.07, 6.45) is 0.414. The summed E-state index contributed by atoms with van der Waals surface area (Å²) in [6.45, 7) is 12.4. The molecule has 0 spiro atoms. The molecule has 3 heterocycles. The van der Waals surface area contributed by atoms with E-state index in [1.807, 2.05) is 45.6 Å². The number of fused-ring (bicyclic) bond motifs is 1. The summed E-state index contributed by atoms with van der Waals surface area (Å²) < 4.78 is 9.41. The van der Waals surface area contributed by atoms with Crippen LogP contribution in [0.15, 0.2) is 6.07 Å². The van der Waals surface area contributed by atoms with E-state index >= 15 is 0 Å². The number of aryl methyl sites for hydroxylation is 4. The second-order valence-electron chi connectivity index (χ2n) is 8.28. The molecule has 0 fully saturated rings. The molecular weight excluding hydrogens is 366 g/mol. The highest BCUT2D eigenvalue weighted by molar-refractivity contribution is 5.84. The first-order chi connectivity index (χ1) is 13.6. The summed E-state index contributed by atoms with van der Waals surface area (Å²) in [5.74, 6) is 0.923. The van der Waals surface area contributed by atoms with Gasteiger partial charge in [0.15, 0.2) is 11.4 Å². The third kappa shape index (κ3) is 4.04. The van der Waals surface area contributed by atoms with Crippen molar-refractivity contribution in [3.8, 4) is 5.88 Å². The summed E-state index contributed by atoms with van der Waals surface area (Å²) in [5.41, 5.74) is 6.10. The molecule has 0 saturated heterocycles. The largest absolute Gasteiger partial charge is 0.470 e. The van der Waals surface area contributed by atoms with Crippen LogP contribution in [0.5, 0.6) is 5.88 Å². The van der Waals surface area contributed by atoms with Crippen LogP contribution in [0.2, 0.25) is 0 Å². The lowest BCUT2D eigenvalue weighted by Gasteiger charge is -2.12. The lowest BCUT2D eigenvalue weighted by atomic mass is 9.94. The number of hydrogen-bond donors (Lipinski definition) is 0. The van der Waals surface area contributed by atoms with Crippen molar-refractivity contribution < 1.29 is 9.53 Å². The molecule has 1 atom stereocenters. The maximum Gasteiger partial charge on any atom is 0.215 e. The molecule has 3 aromatic heterocycles. The number of aromatic nitrogens is 5. The molecule has 3 rings (SSSR count). The van der Waals surface area contributed by atoms with E-state index in [1.165, 1.54) is 0 Å². The van der Waals surface area contributed by atoms with Crippen molar-refractivity contribution in [2.45, 2.75) is 59.8 Å². The second-order valence-corrected chi connectivity index (χ2v) is 8.28. The van der Waals surface area contributed by atoms with E-state index in [2.05, 4.69) is 36.0 Å². The molecule has 29 heavy (non-hydrogen) atoms. The number of hydrogen-bond acceptors (Lipinski definition) is 5. The fourth-order valence-electron chi connectivity index (χ4n) is 4.07. The number of ether oxygens (including phenoxy) is 1. The Morgan fingerprint density at radius 3 is 2.38 bits per heavy atom. The smallest absolute Gasteiger partial charge is 0.215 e. The molecule has 0 N–H and O–H groups in total. The quantitative estimate of drug-likeness (QED) is 0.605. The van der Waals surface area contributed by atoms with E-state index in [0.717, 1.165) is 39.2 Å². The van der Waals surface area contributed by atoms with Gasteiger partial charge in [-0.05, 0) is 43.7 Å². The summed E-state index contributed by atoms with van der Waals surface area (Å²) in [4.78, 5) is 17.1. The Morgan fingerprint density at radius 2 is 1.79 bits per heavy atom. The average Bonchev–Trinajstić information content (AvgIpc) is 3.10. The molecule has 0 aromatic carbocycles. The van der Waals surface area contributed by atoms with Crippen LogP contribution < -0.4 is 4.74 Å². The normalized spacial score (nSPS) is 12.7. The van der Waals surface area contributed by atoms with E-state index in [-0.39, 0.29) is 18.3 Å². The number of carbonyl (C=O) groups is 1. The topological polar surface area (TPSA) is 74.8 Å². The molecule has 0 bridgehead atoms. The molecule has 156 valence electrons. The number of carbonyl (C=O) groups excluding carboxylic acids is 1. The van der Waals surface area contributed by atoms with Crippen molar-refractivity contribution >= 4 is 16.8 Å². The molecule has 0 aliphatic rings. The highest BCUT2D eigenvalue weighted by Crippen LogP contribution is 2.29. The third-order valence-corrected chi connectivity index (χ3v) is 5.51. The van der Waals surface area contributed by atoms with Gasteiger partial charge >= 0.3 is 0 Å². The van der Waals surface area contributed by atoms with Crippen molar-refractivity contribution in [3.05, 3.63) is 34.3 Å². The van der Waals surface area contributed by atoms with Crippen LogP contribution in [0.25, 0.3) is 11.0 Å². The number of pyridine rings is 1. The zero-order chi connectivity index (χ0) is 21.5. The van der Waals surface area contributed by atoms with E-state index in [1.54, 1.807) is 4.68 Å². The predicted octanol–water partition coefficient (Wildman–Crippen LogP) is 3.89. The Balaban J connectivity index is 1.72. The zero-order valence-corrected chi connectivity index (χ0v) is 18.7. The van der Waals surface area contributed by atoms with Crippen molar-refractivity contribution in [3.63, 3.8) is 0 Å². The first kappa shape index (κ1) is 21.0. The maximum atomic E-state index is 12.5. The van der Waals surface area contributed by atoms with Gasteiger partial charge in [0.2, 0.25) is 5.88 Å². The SMILES string of the molecule is Cc1nn(C)c(C)c1C(C)CC(=O)COc1cc(C)c2c(C(C)C)nn(C)c2n1. The Hall–Kier alpha value is -2.70. The van der Waals surface area contributed by atoms with Crippen molar-refractivity contribution in [2.24, 2.45) is 14.1 Å². The van der Waals surface area contributed by atoms with Crippen molar-refractivity contribution in [2.75, 3.05) is 6.61 Å². The van der Waals surface area contributed by atoms with Crippen LogP contribution in [0.4, 0.5) is 0 Å². The van der Waals surface area contributed by atoms with Crippen LogP contribution in [0, 0.1) is 20.8 Å². The molecule has 1 unspecified atom stereocenters. The first-order valence-electron chi connectivity index (χ1n) is 10.1. The fourth-order valence-corrected chi connectivity index (χ4v) is 4.07. The highest BCUT2D eigenvalue weighted by Gasteiger charge is 2.20. The van der Waals surface area contributed by atoms with Crippen LogP contribution in [0.1, 0.15) is 67.2 Å². The van der Waals surface area contributed by atoms with Crippen LogP contribution in [-0.2, 0) is 18.9 Å². The Labute approximate surface area is 172 Å². The number of rotatable bonds is 7. The Morgan fingerprint density at radius 1 is 1.10 bits per heavy atom. The average molecular weight is 398 g/mol. The second kappa shape index (κ2) is 7.97. The summed E-state index contributed by atoms with van der Waals surface area (Å²) in [7, 11) is 3.81. The minimum Gasteiger partial charge on any atom is -0.470 e. The number of nitrogens with zero attached hydrogens (tertiary/aromatic N) is 5. The first-order valence-corrected chi connectivity index (χ1v) is 10.1. The summed E-state index contributed by atoms with van der Waals surface area (Å²) in [6, 6.07) is 1.89. The van der Waals surface area contributed by atoms with Crippen molar-refractivity contribution in [1.29, 1.82) is 0 Å². The van der Waals surface area contributed by atoms with Gasteiger partial charge in [0, 0.05) is 37.7 Å². The zero-order valence-electron chi connectivity index (χ0n) is 18.7. The maximum absolute atomic E-state index is 12.5. The van der Waals surface area contributed by atoms with Gasteiger partial charge in [-0.25, -0.2) is 0 Å². The van der Waals surface area contributed by atoms with Gasteiger partial charge in [0.25, 0.3) is 0 Å². The van der Waals surface area contributed by atoms with Crippen LogP contribution in [0.3, 0.4) is 0 Å². The molecular formula is C22H31N5O2. The molecule has 0 aliphatic heterocycles. The predicted molar refractivity (Wildman–Crippen MR) is 114 cm³/mol. The van der Waals surface area contributed by atoms with Crippen molar-refractivity contribution in [1.82, 2.24) is 24.5 Å². The molecule has 3 aromatic rings. The summed E-state index contributed by atoms with van der Waals surface area (Å²) >= 11 is 0. The molecule has 0 aliphatic carbocycles. The van der Waals surface area contributed by atoms with Gasteiger partial charge < -0.3 is 4.74 Å². The fraction of sp³-hybridized carbons (Fsp3) is 0.545. The molecule has 7 heteroatoms. The lowest BCUT2D eigenvalue weighted by molar-refractivity contribution is -0.121. The van der Waals surface area contributed by atoms with E-state index < -0.39 is 0 Å². The highest BCUT2D eigenvalue weighted by atomic mass is 16.5. The summed E-state index contributed by atoms with van der Waals surface area (Å²) in [5, 5.41) is 10.1. The minimum absolute atomic E-state index is 0.00946. The van der Waals surface area contributed by atoms with Crippen LogP contribution >= 0.6 is 0 Å². The molecule has 0 saturated carbocycles. The molecule has 7 nitrogen and oxygen atoms in total. The standard InChI is InChI=1S/C22H31N5O2/c1-12(2)21-20-14(4)10-18(23-22(20)27(8)25-21)29-11-17(28)9-13(3)19-15(5)24-26(7)16(19)6/h10,12-13H,9,11H2,1-8H3. The Bertz CT molecular complexity index is 1060. The lowest BCUT2D eigenvalue weighted by Crippen LogP contribution is -2.15. The van der Waals surface area contributed by atoms with Gasteiger partial charge in [0.1, 0.15) is 6.61 Å². The minimum atomic E-state index is 0.00946. The molecule has 0 amide bonds. The molecule has 0 radical (unpaired) electrons.